The first-order valence-electron chi connectivity index (χ1n) is 5.19. The molecule has 1 aromatic heterocycles. The van der Waals surface area contributed by atoms with E-state index in [4.69, 9.17) is 4.74 Å². The molecule has 1 rings (SSSR count). The Kier molecular flexibility index (Phi) is 6.23. The molecule has 0 spiro atoms. The van der Waals surface area contributed by atoms with E-state index < -0.39 is 0 Å². The summed E-state index contributed by atoms with van der Waals surface area (Å²) in [4.78, 5) is 12.3. The van der Waals surface area contributed by atoms with Crippen LogP contribution < -0.4 is 5.32 Å². The molecule has 1 N–H and O–H groups in total. The first-order chi connectivity index (χ1) is 7.34. The van der Waals surface area contributed by atoms with Crippen molar-refractivity contribution < 1.29 is 9.53 Å². The Morgan fingerprint density at radius 3 is 3.13 bits per heavy atom. The van der Waals surface area contributed by atoms with E-state index in [0.29, 0.717) is 6.54 Å². The summed E-state index contributed by atoms with van der Waals surface area (Å²) in [5, 5.41) is 5.03. The molecule has 15 heavy (non-hydrogen) atoms. The standard InChI is InChI=1S/C11H17NO2S/c1-2-14-7-4-6-12-9-10(13)11-5-3-8-15-11/h3,5,8,12H,2,4,6-7,9H2,1H3. The number of hydrogen-bond donors (Lipinski definition) is 1. The van der Waals surface area contributed by atoms with E-state index in [1.54, 1.807) is 0 Å². The van der Waals surface area contributed by atoms with Crippen LogP contribution in [0, 0.1) is 0 Å². The second-order valence-corrected chi connectivity index (χ2v) is 4.08. The third-order valence-electron chi connectivity index (χ3n) is 1.93. The van der Waals surface area contributed by atoms with Gasteiger partial charge in [0.2, 0.25) is 0 Å². The summed E-state index contributed by atoms with van der Waals surface area (Å²) in [6, 6.07) is 3.75. The third kappa shape index (κ3) is 5.06. The predicted molar refractivity (Wildman–Crippen MR) is 62.6 cm³/mol. The largest absolute Gasteiger partial charge is 0.382 e. The average molecular weight is 227 g/mol. The van der Waals surface area contributed by atoms with Gasteiger partial charge in [-0.2, -0.15) is 0 Å². The number of carbonyl (C=O) groups excluding carboxylic acids is 1. The molecule has 4 heteroatoms. The quantitative estimate of drug-likeness (QED) is 0.545. The zero-order chi connectivity index (χ0) is 10.9. The van der Waals surface area contributed by atoms with Crippen LogP contribution in [0.2, 0.25) is 0 Å². The van der Waals surface area contributed by atoms with Crippen molar-refractivity contribution in [3.05, 3.63) is 22.4 Å². The highest BCUT2D eigenvalue weighted by molar-refractivity contribution is 7.12. The van der Waals surface area contributed by atoms with E-state index in [1.165, 1.54) is 11.3 Å². The van der Waals surface area contributed by atoms with Gasteiger partial charge in [-0.15, -0.1) is 11.3 Å². The van der Waals surface area contributed by atoms with Crippen LogP contribution in [0.4, 0.5) is 0 Å². The molecule has 0 radical (unpaired) electrons. The number of thiophene rings is 1. The van der Waals surface area contributed by atoms with Crippen molar-refractivity contribution in [3.8, 4) is 0 Å². The van der Waals surface area contributed by atoms with E-state index in [9.17, 15) is 4.79 Å². The van der Waals surface area contributed by atoms with Gasteiger partial charge in [-0.3, -0.25) is 4.79 Å². The third-order valence-corrected chi connectivity index (χ3v) is 2.84. The highest BCUT2D eigenvalue weighted by Crippen LogP contribution is 2.08. The summed E-state index contributed by atoms with van der Waals surface area (Å²) in [6.45, 7) is 4.75. The van der Waals surface area contributed by atoms with Crippen molar-refractivity contribution in [2.45, 2.75) is 13.3 Å². The topological polar surface area (TPSA) is 38.3 Å². The van der Waals surface area contributed by atoms with Gasteiger partial charge in [-0.1, -0.05) is 6.07 Å². The van der Waals surface area contributed by atoms with Gasteiger partial charge >= 0.3 is 0 Å². The minimum absolute atomic E-state index is 0.168. The molecular weight excluding hydrogens is 210 g/mol. The zero-order valence-electron chi connectivity index (χ0n) is 8.99. The van der Waals surface area contributed by atoms with Crippen LogP contribution in [0.3, 0.4) is 0 Å². The molecule has 1 aromatic rings. The smallest absolute Gasteiger partial charge is 0.186 e. The number of carbonyl (C=O) groups is 1. The molecule has 0 aliphatic carbocycles. The van der Waals surface area contributed by atoms with Crippen LogP contribution in [0.5, 0.6) is 0 Å². The lowest BCUT2D eigenvalue weighted by molar-refractivity contribution is 0.0992. The van der Waals surface area contributed by atoms with Crippen LogP contribution in [0.1, 0.15) is 23.0 Å². The maximum Gasteiger partial charge on any atom is 0.186 e. The molecule has 84 valence electrons. The van der Waals surface area contributed by atoms with Crippen LogP contribution in [-0.4, -0.2) is 32.1 Å². The Balaban J connectivity index is 2.03. The van der Waals surface area contributed by atoms with Gasteiger partial charge in [-0.25, -0.2) is 0 Å². The fourth-order valence-corrected chi connectivity index (χ4v) is 1.83. The first kappa shape index (κ1) is 12.4. The van der Waals surface area contributed by atoms with Crippen molar-refractivity contribution in [2.75, 3.05) is 26.3 Å². The molecule has 0 fully saturated rings. The van der Waals surface area contributed by atoms with E-state index in [-0.39, 0.29) is 5.78 Å². The Morgan fingerprint density at radius 1 is 1.60 bits per heavy atom. The van der Waals surface area contributed by atoms with E-state index in [2.05, 4.69) is 5.32 Å². The molecule has 1 heterocycles. The fourth-order valence-electron chi connectivity index (χ4n) is 1.17. The monoisotopic (exact) mass is 227 g/mol. The summed E-state index contributed by atoms with van der Waals surface area (Å²) in [5.74, 6) is 0.168. The molecule has 0 aromatic carbocycles. The molecule has 0 aliphatic heterocycles. The Bertz CT molecular complexity index is 272. The maximum atomic E-state index is 11.5. The summed E-state index contributed by atoms with van der Waals surface area (Å²) in [5.41, 5.74) is 0. The molecule has 0 atom stereocenters. The summed E-state index contributed by atoms with van der Waals surface area (Å²) >= 11 is 1.49. The SMILES string of the molecule is CCOCCCNCC(=O)c1cccs1. The normalized spacial score (nSPS) is 10.5. The van der Waals surface area contributed by atoms with Gasteiger partial charge in [0.25, 0.3) is 0 Å². The van der Waals surface area contributed by atoms with Gasteiger partial charge in [0.05, 0.1) is 11.4 Å². The molecule has 0 unspecified atom stereocenters. The number of Topliss-reactive ketones (excluding diaryl/α,β-unsaturated/α-hetero) is 1. The van der Waals surface area contributed by atoms with E-state index in [1.807, 2.05) is 24.4 Å². The second kappa shape index (κ2) is 7.56. The number of rotatable bonds is 8. The minimum Gasteiger partial charge on any atom is -0.382 e. The maximum absolute atomic E-state index is 11.5. The minimum atomic E-state index is 0.168. The Morgan fingerprint density at radius 2 is 2.47 bits per heavy atom. The van der Waals surface area contributed by atoms with Crippen LogP contribution in [0.15, 0.2) is 17.5 Å². The van der Waals surface area contributed by atoms with E-state index in [0.717, 1.165) is 31.1 Å². The summed E-state index contributed by atoms with van der Waals surface area (Å²) in [7, 11) is 0. The molecular formula is C11H17NO2S. The number of ether oxygens (including phenoxy) is 1. The summed E-state index contributed by atoms with van der Waals surface area (Å²) in [6.07, 6.45) is 0.950. The van der Waals surface area contributed by atoms with Gasteiger partial charge in [0.1, 0.15) is 0 Å². The number of hydrogen-bond acceptors (Lipinski definition) is 4. The Hall–Kier alpha value is -0.710. The zero-order valence-corrected chi connectivity index (χ0v) is 9.81. The van der Waals surface area contributed by atoms with Crippen LogP contribution in [-0.2, 0) is 4.74 Å². The average Bonchev–Trinajstić information content (AvgIpc) is 2.76. The van der Waals surface area contributed by atoms with Crippen LogP contribution in [0.25, 0.3) is 0 Å². The number of ketones is 1. The predicted octanol–water partition coefficient (Wildman–Crippen LogP) is 1.95. The van der Waals surface area contributed by atoms with Gasteiger partial charge in [0.15, 0.2) is 5.78 Å². The van der Waals surface area contributed by atoms with Crippen molar-refractivity contribution in [1.82, 2.24) is 5.32 Å². The molecule has 0 amide bonds. The molecule has 0 saturated carbocycles. The lowest BCUT2D eigenvalue weighted by atomic mass is 10.3. The summed E-state index contributed by atoms with van der Waals surface area (Å²) < 4.78 is 5.19. The lowest BCUT2D eigenvalue weighted by Crippen LogP contribution is -2.24. The first-order valence-corrected chi connectivity index (χ1v) is 6.07. The van der Waals surface area contributed by atoms with Crippen LogP contribution >= 0.6 is 11.3 Å². The highest BCUT2D eigenvalue weighted by atomic mass is 32.1. The van der Waals surface area contributed by atoms with E-state index >= 15 is 0 Å². The van der Waals surface area contributed by atoms with Gasteiger partial charge < -0.3 is 10.1 Å². The van der Waals surface area contributed by atoms with Crippen molar-refractivity contribution in [2.24, 2.45) is 0 Å². The second-order valence-electron chi connectivity index (χ2n) is 3.13. The highest BCUT2D eigenvalue weighted by Gasteiger charge is 2.04. The van der Waals surface area contributed by atoms with Gasteiger partial charge in [-0.05, 0) is 31.3 Å². The Labute approximate surface area is 94.5 Å². The molecule has 0 saturated heterocycles. The lowest BCUT2D eigenvalue weighted by Gasteiger charge is -2.03. The molecule has 3 nitrogen and oxygen atoms in total. The van der Waals surface area contributed by atoms with Crippen molar-refractivity contribution in [1.29, 1.82) is 0 Å². The number of nitrogens with one attached hydrogen (secondary N) is 1. The van der Waals surface area contributed by atoms with Crippen molar-refractivity contribution >= 4 is 17.1 Å². The molecule has 0 aliphatic rings. The van der Waals surface area contributed by atoms with Gasteiger partial charge in [0, 0.05) is 13.2 Å². The fraction of sp³-hybridized carbons (Fsp3) is 0.545. The molecule has 0 bridgehead atoms. The van der Waals surface area contributed by atoms with Crippen molar-refractivity contribution in [3.63, 3.8) is 0 Å².